The van der Waals surface area contributed by atoms with Crippen LogP contribution in [0.5, 0.6) is 0 Å². The van der Waals surface area contributed by atoms with Gasteiger partial charge in [-0.2, -0.15) is 0 Å². The molecule has 1 atom stereocenters. The molecular weight excluding hydrogens is 364 g/mol. The lowest BCUT2D eigenvalue weighted by Crippen LogP contribution is -2.26. The van der Waals surface area contributed by atoms with E-state index in [1.54, 1.807) is 0 Å². The first-order chi connectivity index (χ1) is 14.6. The topological polar surface area (TPSA) is 17.1 Å². The number of benzene rings is 3. The SMILES string of the molecule is CC1(CC2Cc3c(cccc3-c3ccccc3-c3ccccc3)C2=O)CCCCC1. The molecule has 3 aromatic carbocycles. The zero-order chi connectivity index (χ0) is 20.6. The highest BCUT2D eigenvalue weighted by Crippen LogP contribution is 2.46. The van der Waals surface area contributed by atoms with E-state index in [0.717, 1.165) is 18.4 Å². The van der Waals surface area contributed by atoms with Gasteiger partial charge in [0.15, 0.2) is 5.78 Å². The Kier molecular flexibility index (Phi) is 5.06. The lowest BCUT2D eigenvalue weighted by atomic mass is 9.70. The molecule has 0 aliphatic heterocycles. The van der Waals surface area contributed by atoms with Gasteiger partial charge in [0.2, 0.25) is 0 Å². The zero-order valence-corrected chi connectivity index (χ0v) is 17.9. The molecule has 0 N–H and O–H groups in total. The minimum Gasteiger partial charge on any atom is -0.294 e. The van der Waals surface area contributed by atoms with Gasteiger partial charge in [0.1, 0.15) is 0 Å². The molecule has 2 aliphatic rings. The molecule has 152 valence electrons. The van der Waals surface area contributed by atoms with Crippen molar-refractivity contribution in [1.29, 1.82) is 0 Å². The third-order valence-corrected chi connectivity index (χ3v) is 7.36. The van der Waals surface area contributed by atoms with Gasteiger partial charge >= 0.3 is 0 Å². The fourth-order valence-corrected chi connectivity index (χ4v) is 5.81. The van der Waals surface area contributed by atoms with Crippen LogP contribution in [0.1, 0.15) is 61.4 Å². The smallest absolute Gasteiger partial charge is 0.166 e. The Morgan fingerprint density at radius 1 is 0.733 bits per heavy atom. The van der Waals surface area contributed by atoms with Crippen molar-refractivity contribution >= 4 is 5.78 Å². The van der Waals surface area contributed by atoms with Crippen LogP contribution in [0.3, 0.4) is 0 Å². The molecule has 0 radical (unpaired) electrons. The Morgan fingerprint density at radius 2 is 1.37 bits per heavy atom. The lowest BCUT2D eigenvalue weighted by Gasteiger charge is -2.35. The van der Waals surface area contributed by atoms with Crippen molar-refractivity contribution in [1.82, 2.24) is 0 Å². The van der Waals surface area contributed by atoms with Gasteiger partial charge in [-0.1, -0.05) is 99.0 Å². The minimum absolute atomic E-state index is 0.146. The Balaban J connectivity index is 1.52. The maximum Gasteiger partial charge on any atom is 0.166 e. The van der Waals surface area contributed by atoms with E-state index in [4.69, 9.17) is 0 Å². The van der Waals surface area contributed by atoms with Crippen LogP contribution in [0.15, 0.2) is 72.8 Å². The molecule has 1 saturated carbocycles. The molecule has 1 fully saturated rings. The van der Waals surface area contributed by atoms with Gasteiger partial charge in [-0.05, 0) is 58.9 Å². The lowest BCUT2D eigenvalue weighted by molar-refractivity contribution is 0.0860. The molecule has 1 heteroatoms. The minimum atomic E-state index is 0.146. The third kappa shape index (κ3) is 3.51. The second kappa shape index (κ2) is 7.87. The number of hydrogen-bond donors (Lipinski definition) is 0. The molecule has 0 aromatic heterocycles. The summed E-state index contributed by atoms with van der Waals surface area (Å²) in [5.74, 6) is 0.518. The molecule has 0 heterocycles. The van der Waals surface area contributed by atoms with Crippen LogP contribution in [-0.4, -0.2) is 5.78 Å². The summed E-state index contributed by atoms with van der Waals surface area (Å²) in [5, 5.41) is 0. The number of rotatable bonds is 4. The average molecular weight is 395 g/mol. The van der Waals surface area contributed by atoms with Crippen molar-refractivity contribution in [3.05, 3.63) is 83.9 Å². The van der Waals surface area contributed by atoms with E-state index in [1.807, 2.05) is 0 Å². The predicted octanol–water partition coefficient (Wildman–Crippen LogP) is 7.74. The van der Waals surface area contributed by atoms with E-state index in [9.17, 15) is 4.79 Å². The maximum atomic E-state index is 13.4. The van der Waals surface area contributed by atoms with Crippen molar-refractivity contribution in [2.24, 2.45) is 11.3 Å². The van der Waals surface area contributed by atoms with Crippen LogP contribution >= 0.6 is 0 Å². The number of carbonyl (C=O) groups excluding carboxylic acids is 1. The second-order valence-electron chi connectivity index (χ2n) is 9.58. The van der Waals surface area contributed by atoms with Gasteiger partial charge in [0.25, 0.3) is 0 Å². The van der Waals surface area contributed by atoms with Gasteiger partial charge in [0, 0.05) is 11.5 Å². The van der Waals surface area contributed by atoms with E-state index in [-0.39, 0.29) is 5.92 Å². The van der Waals surface area contributed by atoms with Crippen molar-refractivity contribution in [3.8, 4) is 22.3 Å². The van der Waals surface area contributed by atoms with Crippen LogP contribution in [0.4, 0.5) is 0 Å². The fourth-order valence-electron chi connectivity index (χ4n) is 5.81. The zero-order valence-electron chi connectivity index (χ0n) is 17.9. The largest absolute Gasteiger partial charge is 0.294 e. The predicted molar refractivity (Wildman–Crippen MR) is 125 cm³/mol. The monoisotopic (exact) mass is 394 g/mol. The van der Waals surface area contributed by atoms with Crippen LogP contribution < -0.4 is 0 Å². The van der Waals surface area contributed by atoms with Crippen LogP contribution in [-0.2, 0) is 6.42 Å². The van der Waals surface area contributed by atoms with E-state index >= 15 is 0 Å². The first kappa shape index (κ1) is 19.3. The number of fused-ring (bicyclic) bond motifs is 1. The molecule has 2 aliphatic carbocycles. The van der Waals surface area contributed by atoms with E-state index in [1.165, 1.54) is 59.9 Å². The summed E-state index contributed by atoms with van der Waals surface area (Å²) >= 11 is 0. The van der Waals surface area contributed by atoms with E-state index in [2.05, 4.69) is 79.7 Å². The molecule has 1 nitrogen and oxygen atoms in total. The molecule has 0 amide bonds. The molecule has 5 rings (SSSR count). The van der Waals surface area contributed by atoms with Crippen LogP contribution in [0.25, 0.3) is 22.3 Å². The first-order valence-electron chi connectivity index (χ1n) is 11.5. The standard InChI is InChI=1S/C29H30O/c1-29(17-8-3-9-18-29)20-22-19-27-25(15-10-16-26(27)28(22)30)24-14-7-6-13-23(24)21-11-4-2-5-12-21/h2,4-7,10-16,22H,3,8-9,17-20H2,1H3. The Morgan fingerprint density at radius 3 is 2.13 bits per heavy atom. The first-order valence-corrected chi connectivity index (χ1v) is 11.5. The number of carbonyl (C=O) groups is 1. The molecule has 30 heavy (non-hydrogen) atoms. The summed E-state index contributed by atoms with van der Waals surface area (Å²) in [6.07, 6.45) is 8.48. The molecule has 0 bridgehead atoms. The van der Waals surface area contributed by atoms with Gasteiger partial charge in [-0.3, -0.25) is 4.79 Å². The fraction of sp³-hybridized carbons (Fsp3) is 0.345. The molecule has 3 aromatic rings. The summed E-state index contributed by atoms with van der Waals surface area (Å²) in [7, 11) is 0. The highest BCUT2D eigenvalue weighted by Gasteiger charge is 2.38. The summed E-state index contributed by atoms with van der Waals surface area (Å²) in [5.41, 5.74) is 7.48. The second-order valence-corrected chi connectivity index (χ2v) is 9.58. The van der Waals surface area contributed by atoms with Crippen molar-refractivity contribution in [2.75, 3.05) is 0 Å². The van der Waals surface area contributed by atoms with Gasteiger partial charge < -0.3 is 0 Å². The highest BCUT2D eigenvalue weighted by atomic mass is 16.1. The molecule has 0 saturated heterocycles. The van der Waals surface area contributed by atoms with Crippen LogP contribution in [0.2, 0.25) is 0 Å². The Bertz CT molecular complexity index is 1060. The van der Waals surface area contributed by atoms with Crippen molar-refractivity contribution in [2.45, 2.75) is 51.9 Å². The summed E-state index contributed by atoms with van der Waals surface area (Å²) in [6, 6.07) is 25.5. The van der Waals surface area contributed by atoms with E-state index in [0.29, 0.717) is 11.2 Å². The summed E-state index contributed by atoms with van der Waals surface area (Å²) in [4.78, 5) is 13.4. The van der Waals surface area contributed by atoms with Gasteiger partial charge in [-0.15, -0.1) is 0 Å². The quantitative estimate of drug-likeness (QED) is 0.442. The molecule has 1 unspecified atom stereocenters. The van der Waals surface area contributed by atoms with Crippen LogP contribution in [0, 0.1) is 11.3 Å². The third-order valence-electron chi connectivity index (χ3n) is 7.36. The molecular formula is C29H30O. The molecule has 0 spiro atoms. The Hall–Kier alpha value is -2.67. The normalized spacial score (nSPS) is 20.2. The number of Topliss-reactive ketones (excluding diaryl/α,β-unsaturated/α-hetero) is 1. The number of hydrogen-bond acceptors (Lipinski definition) is 1. The Labute approximate surface area is 180 Å². The number of ketones is 1. The average Bonchev–Trinajstić information content (AvgIpc) is 3.10. The van der Waals surface area contributed by atoms with Gasteiger partial charge in [0.05, 0.1) is 0 Å². The highest BCUT2D eigenvalue weighted by molar-refractivity contribution is 6.04. The summed E-state index contributed by atoms with van der Waals surface area (Å²) < 4.78 is 0. The van der Waals surface area contributed by atoms with Crippen molar-refractivity contribution < 1.29 is 4.79 Å². The van der Waals surface area contributed by atoms with Gasteiger partial charge in [-0.25, -0.2) is 0 Å². The maximum absolute atomic E-state index is 13.4. The van der Waals surface area contributed by atoms with E-state index < -0.39 is 0 Å². The van der Waals surface area contributed by atoms with Crippen molar-refractivity contribution in [3.63, 3.8) is 0 Å². The summed E-state index contributed by atoms with van der Waals surface area (Å²) in [6.45, 7) is 2.41.